The molecule has 1 heterocycles. The van der Waals surface area contributed by atoms with Gasteiger partial charge in [-0.1, -0.05) is 35.3 Å². The summed E-state index contributed by atoms with van der Waals surface area (Å²) >= 11 is 6.07. The van der Waals surface area contributed by atoms with Crippen LogP contribution in [0.3, 0.4) is 0 Å². The summed E-state index contributed by atoms with van der Waals surface area (Å²) < 4.78 is 10.3. The second-order valence-electron chi connectivity index (χ2n) is 5.45. The lowest BCUT2D eigenvalue weighted by Crippen LogP contribution is -2.20. The van der Waals surface area contributed by atoms with Crippen molar-refractivity contribution in [1.82, 2.24) is 15.5 Å². The largest absolute Gasteiger partial charge is 0.457 e. The van der Waals surface area contributed by atoms with Crippen LogP contribution in [0.4, 0.5) is 0 Å². The fourth-order valence-corrected chi connectivity index (χ4v) is 2.33. The molecule has 0 spiro atoms. The highest BCUT2D eigenvalue weighted by Gasteiger charge is 2.13. The zero-order chi connectivity index (χ0) is 18.1. The quantitative estimate of drug-likeness (QED) is 0.542. The molecule has 2 aromatic rings. The summed E-state index contributed by atoms with van der Waals surface area (Å²) in [7, 11) is 0. The van der Waals surface area contributed by atoms with Crippen LogP contribution in [0.2, 0.25) is 5.02 Å². The Hall–Kier alpha value is -2.41. The molecule has 8 heteroatoms. The number of aromatic nitrogens is 2. The molecule has 0 unspecified atom stereocenters. The van der Waals surface area contributed by atoms with Crippen LogP contribution in [0.5, 0.6) is 0 Å². The average Bonchev–Trinajstić information content (AvgIpc) is 3.05. The number of rotatable bonds is 9. The van der Waals surface area contributed by atoms with Crippen LogP contribution in [-0.2, 0) is 20.9 Å². The van der Waals surface area contributed by atoms with Gasteiger partial charge in [-0.15, -0.1) is 0 Å². The Balaban J connectivity index is 1.69. The molecular weight excluding hydrogens is 346 g/mol. The third-order valence-corrected chi connectivity index (χ3v) is 3.70. The Morgan fingerprint density at radius 1 is 1.24 bits per heavy atom. The third-order valence-electron chi connectivity index (χ3n) is 3.37. The Kier molecular flexibility index (Phi) is 7.40. The van der Waals surface area contributed by atoms with Crippen molar-refractivity contribution in [2.75, 3.05) is 6.54 Å². The molecule has 1 amide bonds. The molecule has 2 rings (SSSR count). The summed E-state index contributed by atoms with van der Waals surface area (Å²) in [5, 5.41) is 7.00. The fraction of sp³-hybridized carbons (Fsp3) is 0.412. The van der Waals surface area contributed by atoms with Crippen molar-refractivity contribution in [1.29, 1.82) is 0 Å². The van der Waals surface area contributed by atoms with Crippen LogP contribution in [0, 0.1) is 0 Å². The number of halogens is 1. The van der Waals surface area contributed by atoms with Gasteiger partial charge in [0.1, 0.15) is 0 Å². The summed E-state index contributed by atoms with van der Waals surface area (Å²) in [4.78, 5) is 26.6. The highest BCUT2D eigenvalue weighted by Crippen LogP contribution is 2.25. The maximum atomic E-state index is 11.7. The van der Waals surface area contributed by atoms with E-state index in [-0.39, 0.29) is 30.2 Å². The van der Waals surface area contributed by atoms with Crippen molar-refractivity contribution in [3.8, 4) is 11.5 Å². The first-order valence-corrected chi connectivity index (χ1v) is 8.41. The number of hydrogen-bond acceptors (Lipinski definition) is 6. The van der Waals surface area contributed by atoms with Crippen LogP contribution < -0.4 is 5.32 Å². The minimum absolute atomic E-state index is 0.0430. The predicted molar refractivity (Wildman–Crippen MR) is 91.7 cm³/mol. The highest BCUT2D eigenvalue weighted by molar-refractivity contribution is 6.33. The number of carbonyl (C=O) groups is 2. The minimum atomic E-state index is -0.316. The Bertz CT molecular complexity index is 717. The van der Waals surface area contributed by atoms with Crippen LogP contribution in [-0.4, -0.2) is 28.6 Å². The van der Waals surface area contributed by atoms with Crippen molar-refractivity contribution < 1.29 is 18.8 Å². The van der Waals surface area contributed by atoms with Crippen molar-refractivity contribution in [3.05, 3.63) is 35.1 Å². The SMILES string of the molecule is CC(=O)NCCCCCC(=O)OCc1noc(-c2ccccc2Cl)n1. The van der Waals surface area contributed by atoms with E-state index in [1.807, 2.05) is 6.07 Å². The third kappa shape index (κ3) is 6.54. The van der Waals surface area contributed by atoms with Crippen molar-refractivity contribution in [2.45, 2.75) is 39.2 Å². The maximum absolute atomic E-state index is 11.7. The first-order chi connectivity index (χ1) is 12.1. The van der Waals surface area contributed by atoms with Crippen LogP contribution >= 0.6 is 11.6 Å². The lowest BCUT2D eigenvalue weighted by atomic mass is 10.2. The van der Waals surface area contributed by atoms with E-state index >= 15 is 0 Å². The van der Waals surface area contributed by atoms with E-state index in [4.69, 9.17) is 20.9 Å². The van der Waals surface area contributed by atoms with Gasteiger partial charge in [-0.05, 0) is 25.0 Å². The monoisotopic (exact) mass is 365 g/mol. The second kappa shape index (κ2) is 9.78. The summed E-state index contributed by atoms with van der Waals surface area (Å²) in [5.74, 6) is 0.211. The molecule has 0 aliphatic heterocycles. The van der Waals surface area contributed by atoms with Crippen molar-refractivity contribution in [2.24, 2.45) is 0 Å². The summed E-state index contributed by atoms with van der Waals surface area (Å²) in [6, 6.07) is 7.12. The molecule has 0 aliphatic carbocycles. The summed E-state index contributed by atoms with van der Waals surface area (Å²) in [6.07, 6.45) is 2.69. The standard InChI is InChI=1S/C17H20ClN3O4/c1-12(22)19-10-6-2-3-9-16(23)24-11-15-20-17(25-21-15)13-7-4-5-8-14(13)18/h4-5,7-8H,2-3,6,9-11H2,1H3,(H,19,22). The second-order valence-corrected chi connectivity index (χ2v) is 5.86. The van der Waals surface area contributed by atoms with Gasteiger partial charge in [0, 0.05) is 19.9 Å². The van der Waals surface area contributed by atoms with Gasteiger partial charge in [-0.2, -0.15) is 4.98 Å². The molecule has 0 aliphatic rings. The molecule has 0 atom stereocenters. The number of unbranched alkanes of at least 4 members (excludes halogenated alkanes) is 2. The zero-order valence-corrected chi connectivity index (χ0v) is 14.7. The fourth-order valence-electron chi connectivity index (χ4n) is 2.11. The zero-order valence-electron chi connectivity index (χ0n) is 14.0. The molecular formula is C17H20ClN3O4. The van der Waals surface area contributed by atoms with E-state index in [0.717, 1.165) is 12.8 Å². The first kappa shape index (κ1) is 18.9. The number of carbonyl (C=O) groups excluding carboxylic acids is 2. The minimum Gasteiger partial charge on any atom is -0.457 e. The van der Waals surface area contributed by atoms with E-state index in [2.05, 4.69) is 15.5 Å². The van der Waals surface area contributed by atoms with Gasteiger partial charge in [-0.3, -0.25) is 9.59 Å². The molecule has 0 fully saturated rings. The number of hydrogen-bond donors (Lipinski definition) is 1. The molecule has 134 valence electrons. The van der Waals surface area contributed by atoms with Gasteiger partial charge < -0.3 is 14.6 Å². The number of amides is 1. The van der Waals surface area contributed by atoms with Gasteiger partial charge >= 0.3 is 5.97 Å². The van der Waals surface area contributed by atoms with E-state index in [1.165, 1.54) is 6.92 Å². The molecule has 0 radical (unpaired) electrons. The van der Waals surface area contributed by atoms with Gasteiger partial charge in [0.25, 0.3) is 5.89 Å². The molecule has 0 saturated carbocycles. The summed E-state index contributed by atoms with van der Waals surface area (Å²) in [5.41, 5.74) is 0.633. The molecule has 0 saturated heterocycles. The van der Waals surface area contributed by atoms with Gasteiger partial charge in [0.05, 0.1) is 10.6 Å². The van der Waals surface area contributed by atoms with Crippen molar-refractivity contribution >= 4 is 23.5 Å². The van der Waals surface area contributed by atoms with Crippen LogP contribution in [0.15, 0.2) is 28.8 Å². The maximum Gasteiger partial charge on any atom is 0.306 e. The van der Waals surface area contributed by atoms with Crippen LogP contribution in [0.25, 0.3) is 11.5 Å². The normalized spacial score (nSPS) is 10.5. The van der Waals surface area contributed by atoms with Gasteiger partial charge in [0.15, 0.2) is 6.61 Å². The van der Waals surface area contributed by atoms with E-state index in [1.54, 1.807) is 18.2 Å². The molecule has 7 nitrogen and oxygen atoms in total. The molecule has 0 bridgehead atoms. The number of ether oxygens (including phenoxy) is 1. The van der Waals surface area contributed by atoms with Gasteiger partial charge in [0.2, 0.25) is 11.7 Å². The smallest absolute Gasteiger partial charge is 0.306 e. The highest BCUT2D eigenvalue weighted by atomic mass is 35.5. The molecule has 1 aromatic heterocycles. The molecule has 1 aromatic carbocycles. The Labute approximate surface area is 150 Å². The molecule has 1 N–H and O–H groups in total. The van der Waals surface area contributed by atoms with Gasteiger partial charge in [-0.25, -0.2) is 0 Å². The van der Waals surface area contributed by atoms with E-state index in [0.29, 0.717) is 30.0 Å². The predicted octanol–water partition coefficient (Wildman–Crippen LogP) is 3.13. The van der Waals surface area contributed by atoms with Crippen molar-refractivity contribution in [3.63, 3.8) is 0 Å². The van der Waals surface area contributed by atoms with E-state index in [9.17, 15) is 9.59 Å². The number of benzene rings is 1. The number of esters is 1. The van der Waals surface area contributed by atoms with E-state index < -0.39 is 0 Å². The number of nitrogens with one attached hydrogen (secondary N) is 1. The Morgan fingerprint density at radius 3 is 2.80 bits per heavy atom. The lowest BCUT2D eigenvalue weighted by Gasteiger charge is -2.03. The first-order valence-electron chi connectivity index (χ1n) is 8.04. The lowest BCUT2D eigenvalue weighted by molar-refractivity contribution is -0.145. The molecule has 25 heavy (non-hydrogen) atoms. The summed E-state index contributed by atoms with van der Waals surface area (Å²) in [6.45, 7) is 2.06. The topological polar surface area (TPSA) is 94.3 Å². The average molecular weight is 366 g/mol. The Morgan fingerprint density at radius 2 is 2.04 bits per heavy atom. The van der Waals surface area contributed by atoms with Crippen LogP contribution in [0.1, 0.15) is 38.4 Å². The number of nitrogens with zero attached hydrogens (tertiary/aromatic N) is 2.